The van der Waals surface area contributed by atoms with E-state index in [-0.39, 0.29) is 17.7 Å². The van der Waals surface area contributed by atoms with Crippen LogP contribution in [0.2, 0.25) is 0 Å². The minimum absolute atomic E-state index is 0.164. The number of nitrogens with one attached hydrogen (secondary N) is 1. The number of amides is 1. The molecule has 3 aromatic heterocycles. The quantitative estimate of drug-likeness (QED) is 0.510. The lowest BCUT2D eigenvalue weighted by Gasteiger charge is -2.05. The molecule has 1 N–H and O–H groups in total. The van der Waals surface area contributed by atoms with Gasteiger partial charge in [-0.15, -0.1) is 0 Å². The van der Waals surface area contributed by atoms with E-state index in [0.717, 1.165) is 10.1 Å². The van der Waals surface area contributed by atoms with E-state index in [1.807, 2.05) is 6.92 Å². The Hall–Kier alpha value is -3.69. The summed E-state index contributed by atoms with van der Waals surface area (Å²) in [5, 5.41) is 3.88. The molecule has 0 aliphatic rings. The SMILES string of the molecule is CC(/C=N\NC(=O)Cn1cnc2c1c(=O)n(C)c(=O)n2C)=C/c1ccco1. The molecule has 0 fully saturated rings. The Bertz CT molecular complexity index is 1160. The van der Waals surface area contributed by atoms with Crippen LogP contribution in [0.15, 0.2) is 49.4 Å². The van der Waals surface area contributed by atoms with Gasteiger partial charge in [-0.05, 0) is 30.7 Å². The zero-order valence-electron chi connectivity index (χ0n) is 15.0. The highest BCUT2D eigenvalue weighted by Crippen LogP contribution is 2.06. The van der Waals surface area contributed by atoms with Crippen LogP contribution in [-0.2, 0) is 25.4 Å². The zero-order valence-corrected chi connectivity index (χ0v) is 15.0. The number of fused-ring (bicyclic) bond motifs is 1. The standard InChI is InChI=1S/C17H18N6O4/c1-11(7-12-5-4-6-27-12)8-19-20-13(24)9-23-10-18-15-14(23)16(25)22(3)17(26)21(15)2/h4-8,10H,9H2,1-3H3,(H,20,24)/b11-7-,19-8-. The number of nitrogens with zero attached hydrogens (tertiary/aromatic N) is 5. The second-order valence-electron chi connectivity index (χ2n) is 5.95. The Morgan fingerprint density at radius 2 is 2.11 bits per heavy atom. The molecular formula is C17H18N6O4. The normalized spacial score (nSPS) is 12.2. The highest BCUT2D eigenvalue weighted by Gasteiger charge is 2.15. The van der Waals surface area contributed by atoms with Gasteiger partial charge >= 0.3 is 5.69 Å². The Kier molecular flexibility index (Phi) is 4.88. The van der Waals surface area contributed by atoms with Gasteiger partial charge in [-0.1, -0.05) is 0 Å². The first kappa shape index (κ1) is 18.1. The van der Waals surface area contributed by atoms with Crippen molar-refractivity contribution in [2.45, 2.75) is 13.5 Å². The maximum atomic E-state index is 12.3. The number of carbonyl (C=O) groups is 1. The van der Waals surface area contributed by atoms with E-state index in [1.165, 1.54) is 35.8 Å². The molecular weight excluding hydrogens is 352 g/mol. The number of hydrazone groups is 1. The molecule has 0 saturated heterocycles. The Labute approximate surface area is 153 Å². The smallest absolute Gasteiger partial charge is 0.332 e. The number of furan rings is 1. The molecule has 3 aromatic rings. The van der Waals surface area contributed by atoms with E-state index in [2.05, 4.69) is 15.5 Å². The molecule has 0 saturated carbocycles. The van der Waals surface area contributed by atoms with Crippen LogP contribution in [-0.4, -0.2) is 30.8 Å². The van der Waals surface area contributed by atoms with E-state index in [4.69, 9.17) is 4.42 Å². The molecule has 140 valence electrons. The van der Waals surface area contributed by atoms with Gasteiger partial charge in [0.1, 0.15) is 12.3 Å². The summed E-state index contributed by atoms with van der Waals surface area (Å²) < 4.78 is 8.80. The van der Waals surface area contributed by atoms with Crippen molar-refractivity contribution in [1.82, 2.24) is 24.1 Å². The van der Waals surface area contributed by atoms with Crippen LogP contribution in [0.3, 0.4) is 0 Å². The molecule has 0 spiro atoms. The van der Waals surface area contributed by atoms with Crippen molar-refractivity contribution in [1.29, 1.82) is 0 Å². The van der Waals surface area contributed by atoms with Crippen molar-refractivity contribution >= 4 is 29.4 Å². The van der Waals surface area contributed by atoms with E-state index in [0.29, 0.717) is 5.76 Å². The van der Waals surface area contributed by atoms with Gasteiger partial charge in [-0.25, -0.2) is 15.2 Å². The van der Waals surface area contributed by atoms with Crippen LogP contribution in [0, 0.1) is 0 Å². The molecule has 27 heavy (non-hydrogen) atoms. The Balaban J connectivity index is 1.74. The third-order valence-corrected chi connectivity index (χ3v) is 3.90. The third-order valence-electron chi connectivity index (χ3n) is 3.90. The number of rotatable bonds is 5. The second-order valence-corrected chi connectivity index (χ2v) is 5.95. The molecule has 10 nitrogen and oxygen atoms in total. The monoisotopic (exact) mass is 370 g/mol. The lowest BCUT2D eigenvalue weighted by molar-refractivity contribution is -0.121. The molecule has 0 unspecified atom stereocenters. The summed E-state index contributed by atoms with van der Waals surface area (Å²) in [5.74, 6) is 0.240. The van der Waals surface area contributed by atoms with Crippen LogP contribution in [0.1, 0.15) is 12.7 Å². The van der Waals surface area contributed by atoms with Gasteiger partial charge in [0, 0.05) is 14.1 Å². The second kappa shape index (κ2) is 7.28. The summed E-state index contributed by atoms with van der Waals surface area (Å²) in [6, 6.07) is 3.57. The van der Waals surface area contributed by atoms with Crippen molar-refractivity contribution in [3.63, 3.8) is 0 Å². The molecule has 1 amide bonds. The Morgan fingerprint density at radius 1 is 1.33 bits per heavy atom. The average Bonchev–Trinajstić information content (AvgIpc) is 3.28. The highest BCUT2D eigenvalue weighted by molar-refractivity contribution is 5.86. The minimum Gasteiger partial charge on any atom is -0.465 e. The summed E-state index contributed by atoms with van der Waals surface area (Å²) in [5.41, 5.74) is 2.57. The van der Waals surface area contributed by atoms with Gasteiger partial charge in [0.25, 0.3) is 11.5 Å². The number of hydrogen-bond acceptors (Lipinski definition) is 6. The first-order valence-electron chi connectivity index (χ1n) is 8.03. The van der Waals surface area contributed by atoms with E-state index < -0.39 is 17.2 Å². The summed E-state index contributed by atoms with van der Waals surface area (Å²) in [6.45, 7) is 1.65. The van der Waals surface area contributed by atoms with Crippen molar-refractivity contribution in [2.24, 2.45) is 19.2 Å². The minimum atomic E-state index is -0.515. The van der Waals surface area contributed by atoms with Crippen molar-refractivity contribution in [2.75, 3.05) is 0 Å². The molecule has 0 bridgehead atoms. The fourth-order valence-corrected chi connectivity index (χ4v) is 2.55. The summed E-state index contributed by atoms with van der Waals surface area (Å²) in [4.78, 5) is 40.4. The largest absolute Gasteiger partial charge is 0.465 e. The number of hydrogen-bond donors (Lipinski definition) is 1. The summed E-state index contributed by atoms with van der Waals surface area (Å²) >= 11 is 0. The fraction of sp³-hybridized carbons (Fsp3) is 0.235. The topological polar surface area (TPSA) is 116 Å². The van der Waals surface area contributed by atoms with E-state index in [1.54, 1.807) is 24.5 Å². The molecule has 3 rings (SSSR count). The average molecular weight is 370 g/mol. The van der Waals surface area contributed by atoms with Crippen molar-refractivity contribution in [3.8, 4) is 0 Å². The molecule has 3 heterocycles. The van der Waals surface area contributed by atoms with Crippen LogP contribution < -0.4 is 16.7 Å². The molecule has 0 aliphatic carbocycles. The summed E-state index contributed by atoms with van der Waals surface area (Å²) in [7, 11) is 2.89. The summed E-state index contributed by atoms with van der Waals surface area (Å²) in [6.07, 6.45) is 6.16. The van der Waals surface area contributed by atoms with E-state index in [9.17, 15) is 14.4 Å². The van der Waals surface area contributed by atoms with E-state index >= 15 is 0 Å². The predicted octanol–water partition coefficient (Wildman–Crippen LogP) is 0.232. The van der Waals surface area contributed by atoms with Crippen LogP contribution in [0.4, 0.5) is 0 Å². The zero-order chi connectivity index (χ0) is 19.6. The van der Waals surface area contributed by atoms with Gasteiger partial charge < -0.3 is 8.98 Å². The lowest BCUT2D eigenvalue weighted by atomic mass is 10.3. The fourth-order valence-electron chi connectivity index (χ4n) is 2.55. The maximum Gasteiger partial charge on any atom is 0.332 e. The molecule has 0 radical (unpaired) electrons. The lowest BCUT2D eigenvalue weighted by Crippen LogP contribution is -2.38. The van der Waals surface area contributed by atoms with Crippen LogP contribution in [0.5, 0.6) is 0 Å². The number of carbonyl (C=O) groups excluding carboxylic acids is 1. The molecule has 0 atom stereocenters. The van der Waals surface area contributed by atoms with Gasteiger partial charge in [-0.3, -0.25) is 18.7 Å². The first-order chi connectivity index (χ1) is 12.9. The number of aryl methyl sites for hydroxylation is 1. The Morgan fingerprint density at radius 3 is 2.81 bits per heavy atom. The van der Waals surface area contributed by atoms with Gasteiger partial charge in [0.05, 0.1) is 18.8 Å². The van der Waals surface area contributed by atoms with Gasteiger partial charge in [-0.2, -0.15) is 5.10 Å². The van der Waals surface area contributed by atoms with Crippen molar-refractivity contribution in [3.05, 3.63) is 56.9 Å². The first-order valence-corrected chi connectivity index (χ1v) is 8.03. The molecule has 10 heteroatoms. The van der Waals surface area contributed by atoms with Crippen molar-refractivity contribution < 1.29 is 9.21 Å². The third kappa shape index (κ3) is 3.64. The predicted molar refractivity (Wildman–Crippen MR) is 99.2 cm³/mol. The van der Waals surface area contributed by atoms with Crippen LogP contribution >= 0.6 is 0 Å². The number of imidazole rings is 1. The van der Waals surface area contributed by atoms with Gasteiger partial charge in [0.15, 0.2) is 11.2 Å². The maximum absolute atomic E-state index is 12.3. The van der Waals surface area contributed by atoms with Gasteiger partial charge in [0.2, 0.25) is 0 Å². The van der Waals surface area contributed by atoms with Crippen LogP contribution in [0.25, 0.3) is 17.2 Å². The number of allylic oxidation sites excluding steroid dienone is 1. The molecule has 0 aliphatic heterocycles. The highest BCUT2D eigenvalue weighted by atomic mass is 16.3. The number of aromatic nitrogens is 4. The molecule has 0 aromatic carbocycles.